The molecule has 1 aliphatic carbocycles. The Bertz CT molecular complexity index is 727. The lowest BCUT2D eigenvalue weighted by molar-refractivity contribution is -0.137. The molecule has 0 saturated heterocycles. The van der Waals surface area contributed by atoms with Gasteiger partial charge in [-0.2, -0.15) is 0 Å². The van der Waals surface area contributed by atoms with Crippen molar-refractivity contribution in [2.24, 2.45) is 23.7 Å². The summed E-state index contributed by atoms with van der Waals surface area (Å²) in [6.07, 6.45) is 11.2. The average Bonchev–Trinajstić information content (AvgIpc) is 3.10. The number of para-hydroxylation sites is 1. The molecule has 1 aromatic rings. The molecule has 0 aliphatic heterocycles. The van der Waals surface area contributed by atoms with E-state index in [4.69, 9.17) is 14.6 Å². The molecular formula is C27H40O5. The van der Waals surface area contributed by atoms with Crippen LogP contribution in [-0.4, -0.2) is 42.6 Å². The van der Waals surface area contributed by atoms with Crippen LogP contribution in [0.25, 0.3) is 0 Å². The van der Waals surface area contributed by atoms with Gasteiger partial charge in [-0.25, -0.2) is 0 Å². The number of hydrogen-bond acceptors (Lipinski definition) is 4. The van der Waals surface area contributed by atoms with Crippen molar-refractivity contribution < 1.29 is 24.5 Å². The zero-order chi connectivity index (χ0) is 23.3. The van der Waals surface area contributed by atoms with Gasteiger partial charge < -0.3 is 19.7 Å². The van der Waals surface area contributed by atoms with Crippen LogP contribution >= 0.6 is 0 Å². The average molecular weight is 445 g/mol. The zero-order valence-corrected chi connectivity index (χ0v) is 19.8. The number of carboxylic acid groups (broad SMARTS) is 1. The van der Waals surface area contributed by atoms with Crippen molar-refractivity contribution in [1.82, 2.24) is 0 Å². The van der Waals surface area contributed by atoms with E-state index in [2.05, 4.69) is 32.1 Å². The minimum Gasteiger partial charge on any atom is -0.493 e. The number of allylic oxidation sites excluding steroid dienone is 1. The Labute approximate surface area is 193 Å². The van der Waals surface area contributed by atoms with E-state index in [0.29, 0.717) is 36.7 Å². The van der Waals surface area contributed by atoms with E-state index in [1.54, 1.807) is 7.11 Å². The van der Waals surface area contributed by atoms with Gasteiger partial charge in [-0.3, -0.25) is 4.79 Å². The molecule has 0 radical (unpaired) electrons. The Morgan fingerprint density at radius 2 is 1.94 bits per heavy atom. The molecule has 0 bridgehead atoms. The van der Waals surface area contributed by atoms with Crippen molar-refractivity contribution in [3.8, 4) is 5.75 Å². The van der Waals surface area contributed by atoms with Gasteiger partial charge in [0.2, 0.25) is 0 Å². The second-order valence-corrected chi connectivity index (χ2v) is 9.07. The van der Waals surface area contributed by atoms with Crippen molar-refractivity contribution in [2.45, 2.75) is 58.5 Å². The quantitative estimate of drug-likeness (QED) is 0.293. The number of unbranched alkanes of at least 4 members (excludes halogenated alkanes) is 1. The second-order valence-electron chi connectivity index (χ2n) is 9.07. The Hall–Kier alpha value is -2.11. The summed E-state index contributed by atoms with van der Waals surface area (Å²) in [5.41, 5.74) is 1.01. The highest BCUT2D eigenvalue weighted by atomic mass is 16.5. The molecule has 0 amide bonds. The van der Waals surface area contributed by atoms with Gasteiger partial charge in [-0.05, 0) is 61.6 Å². The predicted molar refractivity (Wildman–Crippen MR) is 128 cm³/mol. The van der Waals surface area contributed by atoms with Crippen LogP contribution < -0.4 is 4.74 Å². The van der Waals surface area contributed by atoms with Crippen molar-refractivity contribution in [2.75, 3.05) is 20.3 Å². The molecule has 2 N–H and O–H groups in total. The molecule has 5 nitrogen and oxygen atoms in total. The number of benzene rings is 1. The van der Waals surface area contributed by atoms with Crippen LogP contribution in [0.3, 0.4) is 0 Å². The van der Waals surface area contributed by atoms with Crippen molar-refractivity contribution in [1.29, 1.82) is 0 Å². The Balaban J connectivity index is 1.93. The first-order valence-electron chi connectivity index (χ1n) is 11.8. The number of carbonyl (C=O) groups is 1. The number of aliphatic carboxylic acids is 1. The number of methoxy groups -OCH3 is 1. The zero-order valence-electron chi connectivity index (χ0n) is 19.8. The molecule has 0 spiro atoms. The number of aliphatic hydroxyl groups is 1. The molecule has 5 heteroatoms. The highest BCUT2D eigenvalue weighted by Crippen LogP contribution is 2.42. The van der Waals surface area contributed by atoms with Crippen LogP contribution in [0.1, 0.15) is 52.4 Å². The molecule has 0 heterocycles. The third-order valence-corrected chi connectivity index (χ3v) is 6.50. The number of rotatable bonds is 14. The van der Waals surface area contributed by atoms with Crippen LogP contribution in [0.2, 0.25) is 0 Å². The van der Waals surface area contributed by atoms with E-state index in [9.17, 15) is 9.90 Å². The highest BCUT2D eigenvalue weighted by molar-refractivity contribution is 5.66. The van der Waals surface area contributed by atoms with Gasteiger partial charge in [0.15, 0.2) is 0 Å². The molecule has 0 unspecified atom stereocenters. The number of hydrogen-bond donors (Lipinski definition) is 2. The summed E-state index contributed by atoms with van der Waals surface area (Å²) < 4.78 is 11.7. The maximum atomic E-state index is 10.7. The monoisotopic (exact) mass is 444 g/mol. The summed E-state index contributed by atoms with van der Waals surface area (Å²) in [6, 6.07) is 9.88. The molecule has 178 valence electrons. The van der Waals surface area contributed by atoms with Gasteiger partial charge in [0.05, 0.1) is 19.3 Å². The van der Waals surface area contributed by atoms with E-state index in [1.807, 2.05) is 30.3 Å². The number of ether oxygens (including phenoxy) is 2. The third kappa shape index (κ3) is 8.79. The third-order valence-electron chi connectivity index (χ3n) is 6.50. The summed E-state index contributed by atoms with van der Waals surface area (Å²) in [6.45, 7) is 5.12. The smallest absolute Gasteiger partial charge is 0.303 e. The number of carboxylic acids is 1. The maximum Gasteiger partial charge on any atom is 0.303 e. The van der Waals surface area contributed by atoms with E-state index < -0.39 is 5.97 Å². The lowest BCUT2D eigenvalue weighted by Crippen LogP contribution is -2.20. The largest absolute Gasteiger partial charge is 0.493 e. The molecule has 0 aromatic heterocycles. The van der Waals surface area contributed by atoms with E-state index >= 15 is 0 Å². The highest BCUT2D eigenvalue weighted by Gasteiger charge is 2.39. The van der Waals surface area contributed by atoms with Gasteiger partial charge in [-0.1, -0.05) is 50.3 Å². The van der Waals surface area contributed by atoms with E-state index in [-0.39, 0.29) is 19.1 Å². The number of aliphatic hydroxyl groups excluding tert-OH is 1. The molecule has 1 saturated carbocycles. The topological polar surface area (TPSA) is 76.0 Å². The van der Waals surface area contributed by atoms with Crippen molar-refractivity contribution in [3.63, 3.8) is 0 Å². The SMILES string of the molecule is CO[C@@H]1C[C@H](C)[C@H](C/C=C(\CO)CCCCC(=O)O)[C@H]1/C=C/[C@@H](C)COc1ccccc1. The van der Waals surface area contributed by atoms with E-state index in [1.165, 1.54) is 0 Å². The van der Waals surface area contributed by atoms with Crippen LogP contribution in [0, 0.1) is 23.7 Å². The molecule has 1 aromatic carbocycles. The minimum atomic E-state index is -0.761. The molecule has 5 atom stereocenters. The first-order valence-corrected chi connectivity index (χ1v) is 11.8. The van der Waals surface area contributed by atoms with Crippen LogP contribution in [-0.2, 0) is 9.53 Å². The molecular weight excluding hydrogens is 404 g/mol. The molecule has 1 fully saturated rings. The van der Waals surface area contributed by atoms with Crippen LogP contribution in [0.4, 0.5) is 0 Å². The predicted octanol–water partition coefficient (Wildman–Crippen LogP) is 5.50. The fourth-order valence-corrected chi connectivity index (χ4v) is 4.56. The minimum absolute atomic E-state index is 0.0379. The first kappa shape index (κ1) is 26.1. The fraction of sp³-hybridized carbons (Fsp3) is 0.593. The van der Waals surface area contributed by atoms with Gasteiger partial charge in [0.25, 0.3) is 0 Å². The standard InChI is InChI=1S/C27H40O5/c1-20(19-32-23-10-5-4-6-11-23)13-15-25-24(21(2)17-26(25)31-3)16-14-22(18-28)9-7-8-12-27(29)30/h4-6,10-11,13-15,20-21,24-26,28H,7-9,12,16-19H2,1-3H3,(H,29,30)/b15-13+,22-14-/t20-,21+,24+,25-,26-/m1/s1. The Morgan fingerprint density at radius 3 is 2.59 bits per heavy atom. The van der Waals surface area contributed by atoms with Crippen molar-refractivity contribution in [3.05, 3.63) is 54.1 Å². The van der Waals surface area contributed by atoms with Gasteiger partial charge in [-0.15, -0.1) is 0 Å². The summed E-state index contributed by atoms with van der Waals surface area (Å²) in [5, 5.41) is 18.5. The van der Waals surface area contributed by atoms with E-state index in [0.717, 1.165) is 37.0 Å². The maximum absolute atomic E-state index is 10.7. The fourth-order valence-electron chi connectivity index (χ4n) is 4.56. The van der Waals surface area contributed by atoms with Crippen molar-refractivity contribution >= 4 is 5.97 Å². The molecule has 1 aliphatic rings. The lowest BCUT2D eigenvalue weighted by Gasteiger charge is -2.22. The second kappa shape index (κ2) is 14.1. The Kier molecular flexibility index (Phi) is 11.5. The summed E-state index contributed by atoms with van der Waals surface area (Å²) in [4.78, 5) is 10.7. The van der Waals surface area contributed by atoms with Gasteiger partial charge in [0, 0.05) is 25.4 Å². The van der Waals surface area contributed by atoms with Crippen LogP contribution in [0.5, 0.6) is 5.75 Å². The summed E-state index contributed by atoms with van der Waals surface area (Å²) >= 11 is 0. The molecule has 2 rings (SSSR count). The normalized spacial score (nSPS) is 24.7. The summed E-state index contributed by atoms with van der Waals surface area (Å²) in [5.74, 6) is 1.75. The van der Waals surface area contributed by atoms with Crippen LogP contribution in [0.15, 0.2) is 54.1 Å². The first-order chi connectivity index (χ1) is 15.4. The van der Waals surface area contributed by atoms with Gasteiger partial charge in [0.1, 0.15) is 5.75 Å². The summed E-state index contributed by atoms with van der Waals surface area (Å²) in [7, 11) is 1.79. The Morgan fingerprint density at radius 1 is 1.22 bits per heavy atom. The van der Waals surface area contributed by atoms with Gasteiger partial charge >= 0.3 is 5.97 Å². The molecule has 32 heavy (non-hydrogen) atoms. The lowest BCUT2D eigenvalue weighted by atomic mass is 9.85.